The third kappa shape index (κ3) is 5.06. The first-order valence-corrected chi connectivity index (χ1v) is 7.92. The van der Waals surface area contributed by atoms with E-state index in [2.05, 4.69) is 5.32 Å². The molecule has 1 N–H and O–H groups in total. The fourth-order valence-electron chi connectivity index (χ4n) is 1.97. The summed E-state index contributed by atoms with van der Waals surface area (Å²) >= 11 is 6.12. The van der Waals surface area contributed by atoms with Crippen molar-refractivity contribution < 1.29 is 14.3 Å². The number of methoxy groups -OCH3 is 1. The summed E-state index contributed by atoms with van der Waals surface area (Å²) in [7, 11) is 3.26. The highest BCUT2D eigenvalue weighted by Gasteiger charge is 2.11. The van der Waals surface area contributed by atoms with Crippen LogP contribution >= 0.6 is 11.6 Å². The van der Waals surface area contributed by atoms with Gasteiger partial charge in [0.15, 0.2) is 0 Å². The van der Waals surface area contributed by atoms with Gasteiger partial charge in [-0.1, -0.05) is 29.3 Å². The minimum Gasteiger partial charge on any atom is -0.497 e. The Labute approximate surface area is 147 Å². The number of hydrogen-bond donors (Lipinski definition) is 1. The summed E-state index contributed by atoms with van der Waals surface area (Å²) in [5, 5.41) is 3.18. The van der Waals surface area contributed by atoms with Crippen LogP contribution in [0.15, 0.2) is 42.5 Å². The molecule has 0 aliphatic rings. The first kappa shape index (κ1) is 17.9. The number of carbonyl (C=O) groups excluding carboxylic acids is 1. The summed E-state index contributed by atoms with van der Waals surface area (Å²) in [4.78, 5) is 13.7. The summed E-state index contributed by atoms with van der Waals surface area (Å²) < 4.78 is 10.7. The van der Waals surface area contributed by atoms with Gasteiger partial charge in [0.25, 0.3) is 0 Å². The smallest absolute Gasteiger partial charge is 0.321 e. The molecule has 0 aliphatic carbocycles. The maximum Gasteiger partial charge on any atom is 0.321 e. The number of aryl methyl sites for hydroxylation is 1. The molecule has 6 heteroatoms. The topological polar surface area (TPSA) is 50.8 Å². The molecular formula is C18H21ClN2O3. The average Bonchev–Trinajstić information content (AvgIpc) is 2.58. The third-order valence-corrected chi connectivity index (χ3v) is 3.79. The minimum atomic E-state index is -0.255. The summed E-state index contributed by atoms with van der Waals surface area (Å²) in [6, 6.07) is 12.6. The molecule has 0 spiro atoms. The standard InChI is InChI=1S/C18H21ClN2O3/c1-13-4-6-14(7-5-13)24-11-10-21(2)18(22)20-17-9-8-15(23-3)12-16(17)19/h4-9,12H,10-11H2,1-3H3,(H,20,22). The van der Waals surface area contributed by atoms with Crippen molar-refractivity contribution in [3.8, 4) is 11.5 Å². The second-order valence-electron chi connectivity index (χ2n) is 5.36. The Balaban J connectivity index is 1.82. The number of nitrogens with zero attached hydrogens (tertiary/aromatic N) is 1. The molecule has 0 radical (unpaired) electrons. The van der Waals surface area contributed by atoms with Gasteiger partial charge in [0.05, 0.1) is 24.4 Å². The zero-order valence-electron chi connectivity index (χ0n) is 14.0. The Kier molecular flexibility index (Phi) is 6.32. The van der Waals surface area contributed by atoms with E-state index in [1.807, 2.05) is 31.2 Å². The number of carbonyl (C=O) groups is 1. The summed E-state index contributed by atoms with van der Waals surface area (Å²) in [6.45, 7) is 2.88. The van der Waals surface area contributed by atoms with Crippen LogP contribution < -0.4 is 14.8 Å². The number of rotatable bonds is 6. The van der Waals surface area contributed by atoms with Crippen LogP contribution in [0.4, 0.5) is 10.5 Å². The number of urea groups is 1. The van der Waals surface area contributed by atoms with E-state index in [-0.39, 0.29) is 6.03 Å². The van der Waals surface area contributed by atoms with Gasteiger partial charge < -0.3 is 19.7 Å². The maximum absolute atomic E-state index is 12.2. The van der Waals surface area contributed by atoms with Crippen molar-refractivity contribution in [3.05, 3.63) is 53.1 Å². The molecule has 0 saturated carbocycles. The molecule has 0 aliphatic heterocycles. The molecule has 128 valence electrons. The number of anilines is 1. The van der Waals surface area contributed by atoms with Crippen molar-refractivity contribution in [1.82, 2.24) is 4.90 Å². The predicted octanol–water partition coefficient (Wildman–Crippen LogP) is 4.20. The van der Waals surface area contributed by atoms with Gasteiger partial charge in [-0.2, -0.15) is 0 Å². The van der Waals surface area contributed by atoms with Crippen LogP contribution in [0.1, 0.15) is 5.56 Å². The van der Waals surface area contributed by atoms with Gasteiger partial charge in [0.2, 0.25) is 0 Å². The van der Waals surface area contributed by atoms with E-state index >= 15 is 0 Å². The fourth-order valence-corrected chi connectivity index (χ4v) is 2.19. The number of nitrogens with one attached hydrogen (secondary N) is 1. The molecule has 2 aromatic carbocycles. The Morgan fingerprint density at radius 1 is 1.17 bits per heavy atom. The van der Waals surface area contributed by atoms with Crippen molar-refractivity contribution in [2.24, 2.45) is 0 Å². The number of halogens is 1. The lowest BCUT2D eigenvalue weighted by Crippen LogP contribution is -2.34. The molecule has 2 aromatic rings. The van der Waals surface area contributed by atoms with Gasteiger partial charge in [0, 0.05) is 13.1 Å². The normalized spacial score (nSPS) is 10.2. The van der Waals surface area contributed by atoms with Gasteiger partial charge in [-0.3, -0.25) is 0 Å². The van der Waals surface area contributed by atoms with Crippen LogP contribution in [0, 0.1) is 6.92 Å². The summed E-state index contributed by atoms with van der Waals surface area (Å²) in [6.07, 6.45) is 0. The largest absolute Gasteiger partial charge is 0.497 e. The first-order valence-electron chi connectivity index (χ1n) is 7.54. The number of likely N-dealkylation sites (N-methyl/N-ethyl adjacent to an activating group) is 1. The third-order valence-electron chi connectivity index (χ3n) is 3.48. The van der Waals surface area contributed by atoms with Gasteiger partial charge in [-0.15, -0.1) is 0 Å². The van der Waals surface area contributed by atoms with Crippen LogP contribution in [0.2, 0.25) is 5.02 Å². The van der Waals surface area contributed by atoms with Crippen molar-refractivity contribution in [2.75, 3.05) is 32.6 Å². The van der Waals surface area contributed by atoms with Crippen molar-refractivity contribution in [2.45, 2.75) is 6.92 Å². The lowest BCUT2D eigenvalue weighted by atomic mass is 10.2. The molecule has 0 unspecified atom stereocenters. The van der Waals surface area contributed by atoms with Crippen molar-refractivity contribution >= 4 is 23.3 Å². The van der Waals surface area contributed by atoms with E-state index in [1.165, 1.54) is 10.5 Å². The number of hydrogen-bond acceptors (Lipinski definition) is 3. The van der Waals surface area contributed by atoms with Crippen LogP contribution in [0.5, 0.6) is 11.5 Å². The molecule has 0 aromatic heterocycles. The summed E-state index contributed by atoms with van der Waals surface area (Å²) in [5.41, 5.74) is 1.71. The van der Waals surface area contributed by atoms with E-state index < -0.39 is 0 Å². The maximum atomic E-state index is 12.2. The molecule has 2 amide bonds. The number of ether oxygens (including phenoxy) is 2. The van der Waals surface area contributed by atoms with E-state index in [4.69, 9.17) is 21.1 Å². The SMILES string of the molecule is COc1ccc(NC(=O)N(C)CCOc2ccc(C)cc2)c(Cl)c1. The fraction of sp³-hybridized carbons (Fsp3) is 0.278. The molecule has 24 heavy (non-hydrogen) atoms. The molecule has 0 atom stereocenters. The Hall–Kier alpha value is -2.40. The Morgan fingerprint density at radius 2 is 1.83 bits per heavy atom. The molecule has 0 heterocycles. The van der Waals surface area contributed by atoms with Gasteiger partial charge in [0.1, 0.15) is 18.1 Å². The number of benzene rings is 2. The highest BCUT2D eigenvalue weighted by atomic mass is 35.5. The molecule has 0 bridgehead atoms. The monoisotopic (exact) mass is 348 g/mol. The average molecular weight is 349 g/mol. The number of amides is 2. The van der Waals surface area contributed by atoms with E-state index in [9.17, 15) is 4.79 Å². The first-order chi connectivity index (χ1) is 11.5. The lowest BCUT2D eigenvalue weighted by Gasteiger charge is -2.19. The van der Waals surface area contributed by atoms with E-state index in [0.29, 0.717) is 29.6 Å². The molecule has 0 fully saturated rings. The second kappa shape index (κ2) is 8.45. The molecule has 0 saturated heterocycles. The molecule has 2 rings (SSSR count). The van der Waals surface area contributed by atoms with Gasteiger partial charge in [-0.25, -0.2) is 4.79 Å². The summed E-state index contributed by atoms with van der Waals surface area (Å²) in [5.74, 6) is 1.42. The molecule has 5 nitrogen and oxygen atoms in total. The zero-order valence-corrected chi connectivity index (χ0v) is 14.8. The van der Waals surface area contributed by atoms with Crippen LogP contribution in [0.25, 0.3) is 0 Å². The molecular weight excluding hydrogens is 328 g/mol. The van der Waals surface area contributed by atoms with Crippen LogP contribution in [-0.2, 0) is 0 Å². The van der Waals surface area contributed by atoms with Crippen molar-refractivity contribution in [3.63, 3.8) is 0 Å². The van der Waals surface area contributed by atoms with Gasteiger partial charge in [-0.05, 0) is 31.2 Å². The van der Waals surface area contributed by atoms with Crippen LogP contribution in [-0.4, -0.2) is 38.2 Å². The zero-order chi connectivity index (χ0) is 17.5. The van der Waals surface area contributed by atoms with Crippen LogP contribution in [0.3, 0.4) is 0 Å². The Morgan fingerprint density at radius 3 is 2.46 bits per heavy atom. The second-order valence-corrected chi connectivity index (χ2v) is 5.77. The Bertz CT molecular complexity index is 689. The highest BCUT2D eigenvalue weighted by Crippen LogP contribution is 2.26. The quantitative estimate of drug-likeness (QED) is 0.851. The minimum absolute atomic E-state index is 0.255. The van der Waals surface area contributed by atoms with E-state index in [1.54, 1.807) is 32.4 Å². The van der Waals surface area contributed by atoms with Crippen molar-refractivity contribution in [1.29, 1.82) is 0 Å². The lowest BCUT2D eigenvalue weighted by molar-refractivity contribution is 0.207. The predicted molar refractivity (Wildman–Crippen MR) is 96.3 cm³/mol. The van der Waals surface area contributed by atoms with Gasteiger partial charge >= 0.3 is 6.03 Å². The highest BCUT2D eigenvalue weighted by molar-refractivity contribution is 6.33. The van der Waals surface area contributed by atoms with E-state index in [0.717, 1.165) is 5.75 Å².